The number of methoxy groups -OCH3 is 4. The van der Waals surface area contributed by atoms with Crippen molar-refractivity contribution in [2.24, 2.45) is 0 Å². The SMILES string of the molecule is COc1cc2c(cc1OC)[C@@H]1C[C@H](C)c3cc(OC)c(OC)cc3[C@H]1N(Cc1ccccc1)C2. The molecular weight excluding hydrogens is 426 g/mol. The van der Waals surface area contributed by atoms with E-state index in [0.29, 0.717) is 11.8 Å². The maximum Gasteiger partial charge on any atom is 0.161 e. The second-order valence-corrected chi connectivity index (χ2v) is 9.32. The molecule has 3 aromatic carbocycles. The van der Waals surface area contributed by atoms with E-state index in [4.69, 9.17) is 18.9 Å². The second-order valence-electron chi connectivity index (χ2n) is 9.32. The maximum absolute atomic E-state index is 5.73. The van der Waals surface area contributed by atoms with Gasteiger partial charge in [0.25, 0.3) is 0 Å². The van der Waals surface area contributed by atoms with Crippen LogP contribution in [0.2, 0.25) is 0 Å². The van der Waals surface area contributed by atoms with Gasteiger partial charge in [-0.2, -0.15) is 0 Å². The first-order chi connectivity index (χ1) is 16.6. The molecule has 0 saturated heterocycles. The summed E-state index contributed by atoms with van der Waals surface area (Å²) in [5.74, 6) is 3.90. The number of hydrogen-bond acceptors (Lipinski definition) is 5. The van der Waals surface area contributed by atoms with Gasteiger partial charge in [0.1, 0.15) is 0 Å². The van der Waals surface area contributed by atoms with E-state index in [1.165, 1.54) is 27.8 Å². The van der Waals surface area contributed by atoms with Crippen LogP contribution in [0.15, 0.2) is 54.6 Å². The van der Waals surface area contributed by atoms with Crippen LogP contribution in [-0.4, -0.2) is 33.3 Å². The van der Waals surface area contributed by atoms with E-state index in [1.54, 1.807) is 28.4 Å². The van der Waals surface area contributed by atoms with Gasteiger partial charge in [0.05, 0.1) is 28.4 Å². The van der Waals surface area contributed by atoms with Crippen LogP contribution in [-0.2, 0) is 13.1 Å². The van der Waals surface area contributed by atoms with Crippen molar-refractivity contribution in [3.63, 3.8) is 0 Å². The number of rotatable bonds is 6. The summed E-state index contributed by atoms with van der Waals surface area (Å²) < 4.78 is 22.7. The molecule has 3 aromatic rings. The lowest BCUT2D eigenvalue weighted by Crippen LogP contribution is -2.40. The summed E-state index contributed by atoms with van der Waals surface area (Å²) in [7, 11) is 6.83. The van der Waals surface area contributed by atoms with E-state index in [-0.39, 0.29) is 6.04 Å². The lowest BCUT2D eigenvalue weighted by molar-refractivity contribution is 0.119. The summed E-state index contributed by atoms with van der Waals surface area (Å²) in [4.78, 5) is 2.60. The van der Waals surface area contributed by atoms with Crippen LogP contribution in [0.25, 0.3) is 0 Å². The van der Waals surface area contributed by atoms with E-state index < -0.39 is 0 Å². The topological polar surface area (TPSA) is 40.2 Å². The second kappa shape index (κ2) is 9.22. The Morgan fingerprint density at radius 1 is 0.735 bits per heavy atom. The highest BCUT2D eigenvalue weighted by molar-refractivity contribution is 5.55. The standard InChI is InChI=1S/C29H33NO4/c1-18-11-23-22-14-27(33-4)25(31-2)12-20(22)17-30(16-19-9-7-6-8-10-19)29(23)24-15-28(34-5)26(32-3)13-21(18)24/h6-10,12-15,18,23,29H,11,16-17H2,1-5H3/t18-,23-,29-/m0/s1. The molecule has 5 heteroatoms. The van der Waals surface area contributed by atoms with Crippen molar-refractivity contribution in [3.05, 3.63) is 82.4 Å². The summed E-state index contributed by atoms with van der Waals surface area (Å²) in [6.45, 7) is 4.03. The zero-order valence-electron chi connectivity index (χ0n) is 20.6. The molecule has 0 spiro atoms. The van der Waals surface area contributed by atoms with Crippen molar-refractivity contribution in [1.29, 1.82) is 0 Å². The van der Waals surface area contributed by atoms with Crippen LogP contribution >= 0.6 is 0 Å². The lowest BCUT2D eigenvalue weighted by atomic mass is 9.68. The third-order valence-corrected chi connectivity index (χ3v) is 7.47. The highest BCUT2D eigenvalue weighted by Crippen LogP contribution is 2.55. The van der Waals surface area contributed by atoms with Gasteiger partial charge < -0.3 is 18.9 Å². The molecule has 2 aliphatic rings. The van der Waals surface area contributed by atoms with Crippen LogP contribution in [0.1, 0.15) is 59.0 Å². The monoisotopic (exact) mass is 459 g/mol. The van der Waals surface area contributed by atoms with E-state index in [9.17, 15) is 0 Å². The van der Waals surface area contributed by atoms with Crippen LogP contribution < -0.4 is 18.9 Å². The fraction of sp³-hybridized carbons (Fsp3) is 0.379. The lowest BCUT2D eigenvalue weighted by Gasteiger charge is -2.48. The molecule has 34 heavy (non-hydrogen) atoms. The molecule has 0 bridgehead atoms. The third kappa shape index (κ3) is 3.78. The Kier molecular flexibility index (Phi) is 6.13. The summed E-state index contributed by atoms with van der Waals surface area (Å²) >= 11 is 0. The van der Waals surface area contributed by atoms with Gasteiger partial charge in [-0.05, 0) is 64.4 Å². The van der Waals surface area contributed by atoms with Crippen molar-refractivity contribution in [1.82, 2.24) is 4.90 Å². The highest BCUT2D eigenvalue weighted by Gasteiger charge is 2.43. The number of hydrogen-bond donors (Lipinski definition) is 0. The van der Waals surface area contributed by atoms with Crippen LogP contribution in [0.4, 0.5) is 0 Å². The van der Waals surface area contributed by atoms with E-state index >= 15 is 0 Å². The van der Waals surface area contributed by atoms with Crippen LogP contribution in [0, 0.1) is 0 Å². The Morgan fingerprint density at radius 3 is 1.91 bits per heavy atom. The normalized spacial score (nSPS) is 21.1. The predicted molar refractivity (Wildman–Crippen MR) is 133 cm³/mol. The minimum absolute atomic E-state index is 0.233. The number of fused-ring (bicyclic) bond motifs is 5. The molecule has 0 unspecified atom stereocenters. The summed E-state index contributed by atoms with van der Waals surface area (Å²) in [6, 6.07) is 19.7. The summed E-state index contributed by atoms with van der Waals surface area (Å²) in [5, 5.41) is 0. The van der Waals surface area contributed by atoms with Gasteiger partial charge in [0.15, 0.2) is 23.0 Å². The van der Waals surface area contributed by atoms with Gasteiger partial charge in [0.2, 0.25) is 0 Å². The fourth-order valence-electron chi connectivity index (χ4n) is 5.90. The van der Waals surface area contributed by atoms with E-state index in [0.717, 1.165) is 42.5 Å². The minimum Gasteiger partial charge on any atom is -0.493 e. The van der Waals surface area contributed by atoms with Gasteiger partial charge >= 0.3 is 0 Å². The summed E-state index contributed by atoms with van der Waals surface area (Å²) in [6.07, 6.45) is 1.06. The molecule has 1 heterocycles. The Hall–Kier alpha value is -3.18. The zero-order chi connectivity index (χ0) is 23.8. The van der Waals surface area contributed by atoms with Gasteiger partial charge in [-0.15, -0.1) is 0 Å². The first-order valence-electron chi connectivity index (χ1n) is 11.9. The van der Waals surface area contributed by atoms with Gasteiger partial charge in [-0.3, -0.25) is 4.90 Å². The molecule has 5 rings (SSSR count). The smallest absolute Gasteiger partial charge is 0.161 e. The molecular formula is C29H33NO4. The molecule has 0 aromatic heterocycles. The van der Waals surface area contributed by atoms with Crippen molar-refractivity contribution in [2.75, 3.05) is 28.4 Å². The molecule has 5 nitrogen and oxygen atoms in total. The Morgan fingerprint density at radius 2 is 1.29 bits per heavy atom. The Balaban J connectivity index is 1.68. The average Bonchev–Trinajstić information content (AvgIpc) is 2.87. The van der Waals surface area contributed by atoms with Gasteiger partial charge in [-0.1, -0.05) is 37.3 Å². The minimum atomic E-state index is 0.233. The molecule has 0 saturated carbocycles. The molecule has 0 amide bonds. The van der Waals surface area contributed by atoms with Crippen LogP contribution in [0.5, 0.6) is 23.0 Å². The fourth-order valence-corrected chi connectivity index (χ4v) is 5.90. The third-order valence-electron chi connectivity index (χ3n) is 7.47. The van der Waals surface area contributed by atoms with Crippen molar-refractivity contribution in [3.8, 4) is 23.0 Å². The predicted octanol–water partition coefficient (Wildman–Crippen LogP) is 6.07. The van der Waals surface area contributed by atoms with E-state index in [1.807, 2.05) is 0 Å². The van der Waals surface area contributed by atoms with E-state index in [2.05, 4.69) is 66.4 Å². The number of benzene rings is 3. The first kappa shape index (κ1) is 22.6. The molecule has 0 fully saturated rings. The van der Waals surface area contributed by atoms with Crippen LogP contribution in [0.3, 0.4) is 0 Å². The van der Waals surface area contributed by atoms with Crippen molar-refractivity contribution < 1.29 is 18.9 Å². The summed E-state index contributed by atoms with van der Waals surface area (Å²) in [5.41, 5.74) is 6.66. The maximum atomic E-state index is 5.73. The quantitative estimate of drug-likeness (QED) is 0.448. The van der Waals surface area contributed by atoms with Crippen molar-refractivity contribution >= 4 is 0 Å². The molecule has 178 valence electrons. The number of ether oxygens (including phenoxy) is 4. The molecule has 3 atom stereocenters. The molecule has 1 aliphatic carbocycles. The Bertz CT molecular complexity index is 1180. The average molecular weight is 460 g/mol. The zero-order valence-corrected chi connectivity index (χ0v) is 20.6. The molecule has 0 radical (unpaired) electrons. The highest BCUT2D eigenvalue weighted by atomic mass is 16.5. The largest absolute Gasteiger partial charge is 0.493 e. The first-order valence-corrected chi connectivity index (χ1v) is 11.9. The number of nitrogens with zero attached hydrogens (tertiary/aromatic N) is 1. The molecule has 0 N–H and O–H groups in total. The molecule has 1 aliphatic heterocycles. The van der Waals surface area contributed by atoms with Gasteiger partial charge in [-0.25, -0.2) is 0 Å². The van der Waals surface area contributed by atoms with Gasteiger partial charge in [0, 0.05) is 25.0 Å². The van der Waals surface area contributed by atoms with Crippen molar-refractivity contribution in [2.45, 2.75) is 44.3 Å². The Labute approximate surface area is 202 Å².